The van der Waals surface area contributed by atoms with Crippen molar-refractivity contribution >= 4 is 29.2 Å². The average molecular weight is 473 g/mol. The number of esters is 1. The van der Waals surface area contributed by atoms with E-state index in [1.54, 1.807) is 0 Å². The fraction of sp³-hybridized carbons (Fsp3) is 0.381. The lowest BCUT2D eigenvalue weighted by atomic mass is 9.99. The van der Waals surface area contributed by atoms with E-state index in [0.717, 1.165) is 5.56 Å². The van der Waals surface area contributed by atoms with Gasteiger partial charge in [-0.05, 0) is 17.7 Å². The van der Waals surface area contributed by atoms with E-state index < -0.39 is 43.3 Å². The van der Waals surface area contributed by atoms with E-state index in [9.17, 15) is 20.1 Å². The number of aliphatic hydroxyl groups excluding tert-OH is 3. The number of carbonyl (C=O) groups is 1. The van der Waals surface area contributed by atoms with Crippen LogP contribution in [0.25, 0.3) is 0 Å². The van der Waals surface area contributed by atoms with Crippen LogP contribution in [-0.2, 0) is 20.8 Å². The highest BCUT2D eigenvalue weighted by Crippen LogP contribution is 2.34. The number of carbonyl (C=O) groups excluding carboxylic acids is 1. The number of ether oxygens (including phenoxy) is 4. The Labute approximate surface area is 188 Å². The molecule has 0 unspecified atom stereocenters. The van der Waals surface area contributed by atoms with Crippen molar-refractivity contribution in [3.05, 3.63) is 63.6 Å². The summed E-state index contributed by atoms with van der Waals surface area (Å²) in [6.45, 7) is -0.339. The Hall–Kier alpha value is -1.91. The van der Waals surface area contributed by atoms with Gasteiger partial charge < -0.3 is 34.3 Å². The highest BCUT2D eigenvalue weighted by molar-refractivity contribution is 6.37. The molecule has 0 aromatic heterocycles. The van der Waals surface area contributed by atoms with Crippen LogP contribution in [0.4, 0.5) is 0 Å². The highest BCUT2D eigenvalue weighted by Gasteiger charge is 2.45. The van der Waals surface area contributed by atoms with Crippen molar-refractivity contribution in [2.75, 3.05) is 13.7 Å². The normalized spacial score (nSPS) is 25.8. The Bertz CT molecular complexity index is 894. The summed E-state index contributed by atoms with van der Waals surface area (Å²) in [5.74, 6) is -0.814. The van der Waals surface area contributed by atoms with Crippen molar-refractivity contribution < 1.29 is 39.1 Å². The van der Waals surface area contributed by atoms with Gasteiger partial charge in [0.2, 0.25) is 0 Å². The number of rotatable bonds is 7. The van der Waals surface area contributed by atoms with Crippen LogP contribution in [0.15, 0.2) is 42.5 Å². The maximum Gasteiger partial charge on any atom is 0.343 e. The van der Waals surface area contributed by atoms with Crippen molar-refractivity contribution in [1.82, 2.24) is 0 Å². The van der Waals surface area contributed by atoms with Gasteiger partial charge in [-0.3, -0.25) is 0 Å². The molecule has 1 saturated heterocycles. The zero-order valence-electron chi connectivity index (χ0n) is 16.5. The first-order valence-electron chi connectivity index (χ1n) is 9.37. The number of hydrogen-bond donors (Lipinski definition) is 3. The van der Waals surface area contributed by atoms with Gasteiger partial charge in [0, 0.05) is 0 Å². The Morgan fingerprint density at radius 2 is 1.68 bits per heavy atom. The van der Waals surface area contributed by atoms with E-state index in [1.807, 2.05) is 30.3 Å². The molecule has 8 nitrogen and oxygen atoms in total. The molecule has 3 N–H and O–H groups in total. The molecule has 2 aromatic rings. The van der Waals surface area contributed by atoms with Gasteiger partial charge in [-0.1, -0.05) is 53.5 Å². The molecule has 168 valence electrons. The second kappa shape index (κ2) is 10.6. The lowest BCUT2D eigenvalue weighted by Crippen LogP contribution is -2.59. The van der Waals surface area contributed by atoms with Crippen molar-refractivity contribution in [3.8, 4) is 5.75 Å². The van der Waals surface area contributed by atoms with Gasteiger partial charge in [-0.25, -0.2) is 4.79 Å². The first-order valence-corrected chi connectivity index (χ1v) is 10.1. The summed E-state index contributed by atoms with van der Waals surface area (Å²) in [4.78, 5) is 12.6. The summed E-state index contributed by atoms with van der Waals surface area (Å²) in [7, 11) is 1.33. The summed E-state index contributed by atoms with van der Waals surface area (Å²) in [6, 6.07) is 12.0. The number of methoxy groups -OCH3 is 1. The van der Waals surface area contributed by atoms with Gasteiger partial charge in [0.1, 0.15) is 36.6 Å². The molecule has 1 fully saturated rings. The fourth-order valence-electron chi connectivity index (χ4n) is 3.10. The molecule has 0 amide bonds. The predicted molar refractivity (Wildman–Crippen MR) is 111 cm³/mol. The van der Waals surface area contributed by atoms with E-state index in [4.69, 9.17) is 42.1 Å². The van der Waals surface area contributed by atoms with Gasteiger partial charge in [0.25, 0.3) is 0 Å². The minimum Gasteiger partial charge on any atom is -0.494 e. The van der Waals surface area contributed by atoms with Gasteiger partial charge in [0.15, 0.2) is 12.0 Å². The quantitative estimate of drug-likeness (QED) is 0.525. The molecule has 0 aliphatic carbocycles. The van der Waals surface area contributed by atoms with Gasteiger partial charge >= 0.3 is 5.97 Å². The Morgan fingerprint density at radius 3 is 2.35 bits per heavy atom. The first-order chi connectivity index (χ1) is 14.8. The highest BCUT2D eigenvalue weighted by atomic mass is 35.5. The van der Waals surface area contributed by atoms with Crippen LogP contribution in [0.3, 0.4) is 0 Å². The molecule has 31 heavy (non-hydrogen) atoms. The molecule has 0 spiro atoms. The van der Waals surface area contributed by atoms with Gasteiger partial charge in [0.05, 0.1) is 23.8 Å². The Balaban J connectivity index is 1.66. The molecule has 0 saturated carbocycles. The van der Waals surface area contributed by atoms with Crippen molar-refractivity contribution in [1.29, 1.82) is 0 Å². The van der Waals surface area contributed by atoms with E-state index in [0.29, 0.717) is 0 Å². The lowest BCUT2D eigenvalue weighted by Gasteiger charge is -2.40. The van der Waals surface area contributed by atoms with Crippen molar-refractivity contribution in [2.45, 2.75) is 37.3 Å². The van der Waals surface area contributed by atoms with Crippen LogP contribution in [-0.4, -0.2) is 65.7 Å². The summed E-state index contributed by atoms with van der Waals surface area (Å²) in [5, 5.41) is 30.8. The van der Waals surface area contributed by atoms with Crippen LogP contribution in [0.5, 0.6) is 5.75 Å². The minimum absolute atomic E-state index is 0.0452. The molecular weight excluding hydrogens is 451 g/mol. The fourth-order valence-corrected chi connectivity index (χ4v) is 3.56. The molecule has 0 bridgehead atoms. The number of benzene rings is 2. The van der Waals surface area contributed by atoms with Gasteiger partial charge in [-0.15, -0.1) is 0 Å². The van der Waals surface area contributed by atoms with E-state index in [-0.39, 0.29) is 28.0 Å². The molecule has 1 aliphatic heterocycles. The van der Waals surface area contributed by atoms with Crippen LogP contribution >= 0.6 is 23.2 Å². The van der Waals surface area contributed by atoms with Crippen LogP contribution < -0.4 is 4.74 Å². The molecule has 5 atom stereocenters. The van der Waals surface area contributed by atoms with Gasteiger partial charge in [-0.2, -0.15) is 0 Å². The smallest absolute Gasteiger partial charge is 0.343 e. The third-order valence-electron chi connectivity index (χ3n) is 4.77. The maximum atomic E-state index is 12.6. The summed E-state index contributed by atoms with van der Waals surface area (Å²) < 4.78 is 21.4. The third-order valence-corrected chi connectivity index (χ3v) is 5.38. The summed E-state index contributed by atoms with van der Waals surface area (Å²) in [5.41, 5.74) is 0.740. The SMILES string of the molecule is COc1c(Cl)ccc(Cl)c1C(=O)OC[C@H]1O[C@H](OCc2ccccc2)[C@@H](O)[C@@H](O)[C@@H]1O. The molecule has 1 heterocycles. The average Bonchev–Trinajstić information content (AvgIpc) is 2.78. The standard InChI is InChI=1S/C21H22Cl2O8/c1-28-19-13(23)8-7-12(22)15(19)20(27)29-10-14-16(24)17(25)18(26)21(31-14)30-9-11-5-3-2-4-6-11/h2-8,14,16-18,21,24-26H,9-10H2,1H3/t14-,16-,17+,18+,21+/m1/s1. The molecule has 3 rings (SSSR count). The maximum absolute atomic E-state index is 12.6. The second-order valence-corrected chi connectivity index (χ2v) is 7.66. The zero-order chi connectivity index (χ0) is 22.5. The number of aliphatic hydroxyl groups is 3. The van der Waals surface area contributed by atoms with Crippen LogP contribution in [0, 0.1) is 0 Å². The molecule has 0 radical (unpaired) electrons. The minimum atomic E-state index is -1.57. The third kappa shape index (κ3) is 5.48. The first kappa shape index (κ1) is 23.7. The lowest BCUT2D eigenvalue weighted by molar-refractivity contribution is -0.303. The summed E-state index contributed by atoms with van der Waals surface area (Å²) in [6.07, 6.45) is -6.98. The number of hydrogen-bond acceptors (Lipinski definition) is 8. The molecule has 1 aliphatic rings. The zero-order valence-corrected chi connectivity index (χ0v) is 18.0. The van der Waals surface area contributed by atoms with E-state index in [1.165, 1.54) is 19.2 Å². The Kier molecular flexibility index (Phi) is 8.12. The van der Waals surface area contributed by atoms with E-state index >= 15 is 0 Å². The Morgan fingerprint density at radius 1 is 1.00 bits per heavy atom. The van der Waals surface area contributed by atoms with Crippen LogP contribution in [0.1, 0.15) is 15.9 Å². The van der Waals surface area contributed by atoms with E-state index in [2.05, 4.69) is 0 Å². The topological polar surface area (TPSA) is 115 Å². The van der Waals surface area contributed by atoms with Crippen molar-refractivity contribution in [2.24, 2.45) is 0 Å². The monoisotopic (exact) mass is 472 g/mol. The summed E-state index contributed by atoms with van der Waals surface area (Å²) >= 11 is 12.1. The number of halogens is 2. The molecule has 2 aromatic carbocycles. The second-order valence-electron chi connectivity index (χ2n) is 6.85. The van der Waals surface area contributed by atoms with Crippen molar-refractivity contribution in [3.63, 3.8) is 0 Å². The largest absolute Gasteiger partial charge is 0.494 e. The van der Waals surface area contributed by atoms with Crippen LogP contribution in [0.2, 0.25) is 10.0 Å². The molecule has 10 heteroatoms. The predicted octanol–water partition coefficient (Wildman–Crippen LogP) is 2.18. The molecular formula is C21H22Cl2O8.